The fraction of sp³-hybridized carbons (Fsp3) is 0.667. The lowest BCUT2D eigenvalue weighted by atomic mass is 11.4. The van der Waals surface area contributed by atoms with Crippen LogP contribution in [-0.2, 0) is 9.84 Å². The summed E-state index contributed by atoms with van der Waals surface area (Å²) in [5.74, 6) is 0. The average molecular weight is 164 g/mol. The summed E-state index contributed by atoms with van der Waals surface area (Å²) in [6.45, 7) is 0. The minimum absolute atomic E-state index is 1.16. The van der Waals surface area contributed by atoms with Crippen LogP contribution >= 0.6 is 0 Å². The van der Waals surface area contributed by atoms with Crippen LogP contribution in [0.4, 0.5) is 0 Å². The lowest BCUT2D eigenvalue weighted by Gasteiger charge is -1.69. The molecule has 0 aliphatic carbocycles. The largest absolute Gasteiger partial charge is 0.246 e. The second-order valence-electron chi connectivity index (χ2n) is 1.71. The number of tetrazole rings is 1. The van der Waals surface area contributed by atoms with E-state index in [0.29, 0.717) is 0 Å². The second-order valence-corrected chi connectivity index (χ2v) is 3.99. The molecule has 1 N–H and O–H groups in total. The Morgan fingerprint density at radius 2 is 1.90 bits per heavy atom. The summed E-state index contributed by atoms with van der Waals surface area (Å²) in [6.07, 6.45) is 3.72. The molecule has 7 heteroatoms. The molecular formula is C3H8N4O2S. The lowest BCUT2D eigenvalue weighted by Crippen LogP contribution is -1.86. The Bertz CT molecular complexity index is 214. The SMILES string of the molecule is CS(C)(=O)=O.c1nnn[nH]1. The molecular weight excluding hydrogens is 156 g/mol. The van der Waals surface area contributed by atoms with Crippen LogP contribution in [0.1, 0.15) is 0 Å². The molecule has 0 aliphatic rings. The molecule has 0 saturated heterocycles. The Morgan fingerprint density at radius 1 is 1.40 bits per heavy atom. The molecule has 0 bridgehead atoms. The predicted molar refractivity (Wildman–Crippen MR) is 34.9 cm³/mol. The molecule has 0 unspecified atom stereocenters. The predicted octanol–water partition coefficient (Wildman–Crippen LogP) is -1.14. The van der Waals surface area contributed by atoms with Gasteiger partial charge in [0.1, 0.15) is 16.2 Å². The van der Waals surface area contributed by atoms with Crippen molar-refractivity contribution in [2.24, 2.45) is 0 Å². The summed E-state index contributed by atoms with van der Waals surface area (Å²) in [4.78, 5) is 0. The molecule has 0 fully saturated rings. The van der Waals surface area contributed by atoms with Crippen molar-refractivity contribution in [3.05, 3.63) is 6.33 Å². The fourth-order valence-corrected chi connectivity index (χ4v) is 0.129. The van der Waals surface area contributed by atoms with Crippen molar-refractivity contribution in [3.8, 4) is 0 Å². The molecule has 58 valence electrons. The van der Waals surface area contributed by atoms with Crippen LogP contribution in [0, 0.1) is 0 Å². The molecule has 0 spiro atoms. The van der Waals surface area contributed by atoms with Gasteiger partial charge in [0.15, 0.2) is 0 Å². The normalized spacial score (nSPS) is 9.80. The zero-order valence-corrected chi connectivity index (χ0v) is 6.46. The van der Waals surface area contributed by atoms with Gasteiger partial charge in [-0.05, 0) is 10.4 Å². The van der Waals surface area contributed by atoms with Gasteiger partial charge in [0.05, 0.1) is 0 Å². The monoisotopic (exact) mass is 164 g/mol. The van der Waals surface area contributed by atoms with E-state index in [1.807, 2.05) is 0 Å². The van der Waals surface area contributed by atoms with Crippen LogP contribution < -0.4 is 0 Å². The number of hydrogen-bond donors (Lipinski definition) is 1. The first kappa shape index (κ1) is 9.02. The van der Waals surface area contributed by atoms with Crippen molar-refractivity contribution < 1.29 is 8.42 Å². The van der Waals surface area contributed by atoms with Gasteiger partial charge in [-0.25, -0.2) is 13.5 Å². The average Bonchev–Trinajstić information content (AvgIpc) is 2.07. The number of sulfone groups is 1. The number of aromatic nitrogens is 4. The Balaban J connectivity index is 0.000000162. The van der Waals surface area contributed by atoms with E-state index in [1.165, 1.54) is 6.33 Å². The van der Waals surface area contributed by atoms with Crippen molar-refractivity contribution >= 4 is 9.84 Å². The number of nitrogens with one attached hydrogen (secondary N) is 1. The van der Waals surface area contributed by atoms with E-state index >= 15 is 0 Å². The van der Waals surface area contributed by atoms with Crippen molar-refractivity contribution in [1.29, 1.82) is 0 Å². The Kier molecular flexibility index (Phi) is 3.55. The van der Waals surface area contributed by atoms with Crippen LogP contribution in [-0.4, -0.2) is 41.6 Å². The minimum Gasteiger partial charge on any atom is -0.246 e. The summed E-state index contributed by atoms with van der Waals surface area (Å²) in [7, 11) is -2.67. The first-order valence-electron chi connectivity index (χ1n) is 2.32. The van der Waals surface area contributed by atoms with E-state index < -0.39 is 9.84 Å². The van der Waals surface area contributed by atoms with Crippen LogP contribution in [0.15, 0.2) is 6.33 Å². The highest BCUT2D eigenvalue weighted by Crippen LogP contribution is 1.61. The third-order valence-electron chi connectivity index (χ3n) is 0.270. The molecule has 0 aromatic carbocycles. The Morgan fingerprint density at radius 3 is 2.00 bits per heavy atom. The van der Waals surface area contributed by atoms with E-state index in [2.05, 4.69) is 20.6 Å². The molecule has 1 rings (SSSR count). The first-order chi connectivity index (χ1) is 4.50. The standard InChI is InChI=1S/C2H6O2S.CH2N4/c1-5(2,3)4;1-2-4-5-3-1/h1-2H3;1H,(H,2,3,4,5). The summed E-state index contributed by atoms with van der Waals surface area (Å²) in [5.41, 5.74) is 0. The number of rotatable bonds is 0. The smallest absolute Gasteiger partial charge is 0.144 e. The molecule has 0 atom stereocenters. The van der Waals surface area contributed by atoms with E-state index in [0.717, 1.165) is 12.5 Å². The summed E-state index contributed by atoms with van der Waals surface area (Å²) in [5, 5.41) is 12.1. The number of nitrogens with zero attached hydrogens (tertiary/aromatic N) is 3. The highest BCUT2D eigenvalue weighted by atomic mass is 32.2. The zero-order chi connectivity index (χ0) is 8.04. The van der Waals surface area contributed by atoms with Crippen molar-refractivity contribution in [2.45, 2.75) is 0 Å². The van der Waals surface area contributed by atoms with Crippen molar-refractivity contribution in [3.63, 3.8) is 0 Å². The molecule has 6 nitrogen and oxygen atoms in total. The Hall–Kier alpha value is -0.980. The van der Waals surface area contributed by atoms with Crippen molar-refractivity contribution in [2.75, 3.05) is 12.5 Å². The lowest BCUT2D eigenvalue weighted by molar-refractivity contribution is 0.607. The van der Waals surface area contributed by atoms with Crippen LogP contribution in [0.2, 0.25) is 0 Å². The maximum absolute atomic E-state index is 9.63. The molecule has 0 aliphatic heterocycles. The molecule has 10 heavy (non-hydrogen) atoms. The van der Waals surface area contributed by atoms with Gasteiger partial charge in [0, 0.05) is 12.5 Å². The zero-order valence-electron chi connectivity index (χ0n) is 5.64. The highest BCUT2D eigenvalue weighted by molar-refractivity contribution is 7.89. The number of H-pyrrole nitrogens is 1. The first-order valence-corrected chi connectivity index (χ1v) is 4.62. The van der Waals surface area contributed by atoms with Gasteiger partial charge >= 0.3 is 0 Å². The summed E-state index contributed by atoms with van der Waals surface area (Å²) < 4.78 is 19.3. The van der Waals surface area contributed by atoms with Gasteiger partial charge in [-0.2, -0.15) is 0 Å². The third kappa shape index (κ3) is 15.7. The van der Waals surface area contributed by atoms with Gasteiger partial charge in [0.25, 0.3) is 0 Å². The molecule has 1 heterocycles. The molecule has 1 aromatic rings. The minimum atomic E-state index is -2.67. The summed E-state index contributed by atoms with van der Waals surface area (Å²) >= 11 is 0. The third-order valence-corrected chi connectivity index (χ3v) is 0.270. The summed E-state index contributed by atoms with van der Waals surface area (Å²) in [6, 6.07) is 0. The van der Waals surface area contributed by atoms with Gasteiger partial charge in [-0.1, -0.05) is 0 Å². The van der Waals surface area contributed by atoms with E-state index in [1.54, 1.807) is 0 Å². The topological polar surface area (TPSA) is 88.6 Å². The van der Waals surface area contributed by atoms with Gasteiger partial charge in [-0.15, -0.1) is 5.10 Å². The van der Waals surface area contributed by atoms with Crippen LogP contribution in [0.25, 0.3) is 0 Å². The number of aromatic amines is 1. The number of hydrogen-bond acceptors (Lipinski definition) is 5. The second kappa shape index (κ2) is 3.94. The van der Waals surface area contributed by atoms with Crippen molar-refractivity contribution in [1.82, 2.24) is 20.6 Å². The van der Waals surface area contributed by atoms with Crippen LogP contribution in [0.3, 0.4) is 0 Å². The van der Waals surface area contributed by atoms with E-state index in [-0.39, 0.29) is 0 Å². The molecule has 0 amide bonds. The maximum Gasteiger partial charge on any atom is 0.144 e. The van der Waals surface area contributed by atoms with Crippen LogP contribution in [0.5, 0.6) is 0 Å². The fourth-order valence-electron chi connectivity index (χ4n) is 0.129. The van der Waals surface area contributed by atoms with Gasteiger partial charge in [0.2, 0.25) is 0 Å². The van der Waals surface area contributed by atoms with E-state index in [9.17, 15) is 8.42 Å². The molecule has 1 aromatic heterocycles. The van der Waals surface area contributed by atoms with Gasteiger partial charge < -0.3 is 0 Å². The molecule has 0 radical (unpaired) electrons. The Labute approximate surface area is 58.6 Å². The van der Waals surface area contributed by atoms with Gasteiger partial charge in [-0.3, -0.25) is 0 Å². The highest BCUT2D eigenvalue weighted by Gasteiger charge is 1.79. The maximum atomic E-state index is 9.63. The quantitative estimate of drug-likeness (QED) is 0.523. The molecule has 0 saturated carbocycles. The van der Waals surface area contributed by atoms with E-state index in [4.69, 9.17) is 0 Å².